The lowest BCUT2D eigenvalue weighted by molar-refractivity contribution is -0.114. The number of nitrogens with one attached hydrogen (secondary N) is 2. The Kier molecular flexibility index (Phi) is 4.61. The quantitative estimate of drug-likeness (QED) is 0.888. The number of aromatic nitrogens is 1. The zero-order valence-corrected chi connectivity index (χ0v) is 14.8. The summed E-state index contributed by atoms with van der Waals surface area (Å²) in [6, 6.07) is 7.42. The number of hydrogen-bond donors (Lipinski definition) is 2. The highest BCUT2D eigenvalue weighted by atomic mass is 16.5. The van der Waals surface area contributed by atoms with Gasteiger partial charge in [-0.25, -0.2) is 0 Å². The molecule has 3 rings (SSSR count). The lowest BCUT2D eigenvalue weighted by Gasteiger charge is -2.16. The van der Waals surface area contributed by atoms with Crippen LogP contribution in [0.5, 0.6) is 0 Å². The molecule has 1 aromatic carbocycles. The molecular formula is C19H23N3O3. The fourth-order valence-electron chi connectivity index (χ4n) is 2.79. The summed E-state index contributed by atoms with van der Waals surface area (Å²) in [5.41, 5.74) is 3.26. The first-order valence-corrected chi connectivity index (χ1v) is 8.50. The predicted molar refractivity (Wildman–Crippen MR) is 96.0 cm³/mol. The molecule has 1 aromatic heterocycles. The summed E-state index contributed by atoms with van der Waals surface area (Å²) in [6.45, 7) is 6.15. The highest BCUT2D eigenvalue weighted by Crippen LogP contribution is 2.25. The number of aryl methyl sites for hydroxylation is 1. The summed E-state index contributed by atoms with van der Waals surface area (Å²) in [5, 5.41) is 9.69. The second-order valence-electron chi connectivity index (χ2n) is 7.38. The molecule has 132 valence electrons. The Bertz CT molecular complexity index is 802. The summed E-state index contributed by atoms with van der Waals surface area (Å²) < 4.78 is 5.15. The maximum Gasteiger partial charge on any atom is 0.246 e. The van der Waals surface area contributed by atoms with Gasteiger partial charge >= 0.3 is 0 Å². The van der Waals surface area contributed by atoms with Crippen molar-refractivity contribution in [1.29, 1.82) is 0 Å². The van der Waals surface area contributed by atoms with Crippen LogP contribution in [0, 0.1) is 0 Å². The first-order chi connectivity index (χ1) is 11.8. The van der Waals surface area contributed by atoms with Crippen molar-refractivity contribution in [3.05, 3.63) is 41.1 Å². The topological polar surface area (TPSA) is 84.2 Å². The molecule has 0 saturated heterocycles. The largest absolute Gasteiger partial charge is 0.376 e. The standard InChI is InChI=1S/C19H23N3O3/c1-19(2,3)16-10-18(25-22-16)21-17(24)11-20-13-8-7-12-5-4-6-15(23)14(12)9-13/h7-10,20H,4-6,11H2,1-3H3,(H,21,24). The van der Waals surface area contributed by atoms with E-state index in [1.807, 2.05) is 39.0 Å². The Balaban J connectivity index is 1.58. The van der Waals surface area contributed by atoms with Gasteiger partial charge in [-0.1, -0.05) is 32.0 Å². The van der Waals surface area contributed by atoms with Crippen LogP contribution < -0.4 is 10.6 Å². The molecule has 0 fully saturated rings. The van der Waals surface area contributed by atoms with Crippen molar-refractivity contribution < 1.29 is 14.1 Å². The molecule has 0 unspecified atom stereocenters. The van der Waals surface area contributed by atoms with E-state index >= 15 is 0 Å². The summed E-state index contributed by atoms with van der Waals surface area (Å²) in [6.07, 6.45) is 2.44. The molecule has 0 spiro atoms. The molecule has 0 radical (unpaired) electrons. The van der Waals surface area contributed by atoms with Crippen LogP contribution in [-0.4, -0.2) is 23.4 Å². The first kappa shape index (κ1) is 17.2. The number of Topliss-reactive ketones (excluding diaryl/α,β-unsaturated/α-hetero) is 1. The molecule has 1 aliphatic carbocycles. The van der Waals surface area contributed by atoms with Gasteiger partial charge in [0.15, 0.2) is 5.78 Å². The number of nitrogens with zero attached hydrogens (tertiary/aromatic N) is 1. The van der Waals surface area contributed by atoms with Crippen molar-refractivity contribution in [3.8, 4) is 0 Å². The molecular weight excluding hydrogens is 318 g/mol. The van der Waals surface area contributed by atoms with Gasteiger partial charge in [0, 0.05) is 29.2 Å². The summed E-state index contributed by atoms with van der Waals surface area (Å²) in [7, 11) is 0. The fourth-order valence-corrected chi connectivity index (χ4v) is 2.79. The second kappa shape index (κ2) is 6.70. The molecule has 2 aromatic rings. The molecule has 0 bridgehead atoms. The molecule has 0 saturated carbocycles. The molecule has 0 atom stereocenters. The van der Waals surface area contributed by atoms with Crippen molar-refractivity contribution in [2.24, 2.45) is 0 Å². The van der Waals surface area contributed by atoms with Crippen molar-refractivity contribution in [2.45, 2.75) is 45.4 Å². The molecule has 1 amide bonds. The van der Waals surface area contributed by atoms with Crippen LogP contribution in [0.25, 0.3) is 0 Å². The minimum Gasteiger partial charge on any atom is -0.376 e. The SMILES string of the molecule is CC(C)(C)c1cc(NC(=O)CNc2ccc3c(c2)C(=O)CCC3)on1. The van der Waals surface area contributed by atoms with Crippen LogP contribution in [0.15, 0.2) is 28.8 Å². The number of carbonyl (C=O) groups excluding carboxylic acids is 2. The van der Waals surface area contributed by atoms with E-state index in [1.165, 1.54) is 0 Å². The first-order valence-electron chi connectivity index (χ1n) is 8.50. The zero-order valence-electron chi connectivity index (χ0n) is 14.8. The van der Waals surface area contributed by atoms with Crippen LogP contribution >= 0.6 is 0 Å². The number of amides is 1. The Morgan fingerprint density at radius 1 is 1.24 bits per heavy atom. The molecule has 0 aliphatic heterocycles. The van der Waals surface area contributed by atoms with E-state index in [-0.39, 0.29) is 23.7 Å². The smallest absolute Gasteiger partial charge is 0.246 e. The van der Waals surface area contributed by atoms with Crippen LogP contribution in [0.3, 0.4) is 0 Å². The van der Waals surface area contributed by atoms with E-state index < -0.39 is 0 Å². The van der Waals surface area contributed by atoms with Crippen LogP contribution in [-0.2, 0) is 16.6 Å². The molecule has 1 heterocycles. The Hall–Kier alpha value is -2.63. The Morgan fingerprint density at radius 3 is 2.76 bits per heavy atom. The maximum absolute atomic E-state index is 12.1. The van der Waals surface area contributed by atoms with E-state index in [2.05, 4.69) is 15.8 Å². The van der Waals surface area contributed by atoms with E-state index in [4.69, 9.17) is 4.52 Å². The highest BCUT2D eigenvalue weighted by molar-refractivity contribution is 5.99. The number of hydrogen-bond acceptors (Lipinski definition) is 5. The summed E-state index contributed by atoms with van der Waals surface area (Å²) in [4.78, 5) is 24.0. The molecule has 6 nitrogen and oxygen atoms in total. The molecule has 25 heavy (non-hydrogen) atoms. The Labute approximate surface area is 147 Å². The third-order valence-electron chi connectivity index (χ3n) is 4.25. The van der Waals surface area contributed by atoms with Crippen molar-refractivity contribution in [2.75, 3.05) is 17.2 Å². The normalized spacial score (nSPS) is 14.1. The lowest BCUT2D eigenvalue weighted by Crippen LogP contribution is -2.22. The van der Waals surface area contributed by atoms with Gasteiger partial charge in [0.1, 0.15) is 0 Å². The highest BCUT2D eigenvalue weighted by Gasteiger charge is 2.20. The molecule has 2 N–H and O–H groups in total. The summed E-state index contributed by atoms with van der Waals surface area (Å²) >= 11 is 0. The lowest BCUT2D eigenvalue weighted by atomic mass is 9.90. The minimum atomic E-state index is -0.236. The third kappa shape index (κ3) is 4.07. The van der Waals surface area contributed by atoms with E-state index in [9.17, 15) is 9.59 Å². The van der Waals surface area contributed by atoms with Gasteiger partial charge in [-0.3, -0.25) is 14.9 Å². The Morgan fingerprint density at radius 2 is 2.04 bits per heavy atom. The van der Waals surface area contributed by atoms with Crippen LogP contribution in [0.2, 0.25) is 0 Å². The minimum absolute atomic E-state index is 0.0819. The predicted octanol–water partition coefficient (Wildman–Crippen LogP) is 3.54. The van der Waals surface area contributed by atoms with Gasteiger partial charge < -0.3 is 9.84 Å². The van der Waals surface area contributed by atoms with Crippen molar-refractivity contribution in [1.82, 2.24) is 5.16 Å². The molecule has 6 heteroatoms. The number of anilines is 2. The maximum atomic E-state index is 12.1. The van der Waals surface area contributed by atoms with Crippen molar-refractivity contribution >= 4 is 23.3 Å². The van der Waals surface area contributed by atoms with Crippen LogP contribution in [0.4, 0.5) is 11.6 Å². The number of benzene rings is 1. The number of rotatable bonds is 4. The van der Waals surface area contributed by atoms with Gasteiger partial charge in [0.05, 0.1) is 12.2 Å². The second-order valence-corrected chi connectivity index (χ2v) is 7.38. The zero-order chi connectivity index (χ0) is 18.0. The van der Waals surface area contributed by atoms with E-state index in [0.717, 1.165) is 35.3 Å². The van der Waals surface area contributed by atoms with Gasteiger partial charge in [-0.2, -0.15) is 0 Å². The number of carbonyl (C=O) groups is 2. The van der Waals surface area contributed by atoms with Gasteiger partial charge in [-0.15, -0.1) is 0 Å². The van der Waals surface area contributed by atoms with Gasteiger partial charge in [-0.05, 0) is 30.5 Å². The average Bonchev–Trinajstić information content (AvgIpc) is 3.02. The van der Waals surface area contributed by atoms with E-state index in [0.29, 0.717) is 12.3 Å². The number of fused-ring (bicyclic) bond motifs is 1. The summed E-state index contributed by atoms with van der Waals surface area (Å²) in [5.74, 6) is 0.267. The van der Waals surface area contributed by atoms with Gasteiger partial charge in [0.25, 0.3) is 0 Å². The van der Waals surface area contributed by atoms with E-state index in [1.54, 1.807) is 6.07 Å². The third-order valence-corrected chi connectivity index (χ3v) is 4.25. The fraction of sp³-hybridized carbons (Fsp3) is 0.421. The molecule has 1 aliphatic rings. The van der Waals surface area contributed by atoms with Crippen molar-refractivity contribution in [3.63, 3.8) is 0 Å². The average molecular weight is 341 g/mol. The van der Waals surface area contributed by atoms with Crippen LogP contribution in [0.1, 0.15) is 55.2 Å². The monoisotopic (exact) mass is 341 g/mol. The van der Waals surface area contributed by atoms with Gasteiger partial charge in [0.2, 0.25) is 11.8 Å². The number of ketones is 1.